The maximum atomic E-state index is 12.0. The Hall–Kier alpha value is -1.91. The Balaban J connectivity index is 2.96. The van der Waals surface area contributed by atoms with Gasteiger partial charge in [-0.05, 0) is 31.0 Å². The molecule has 1 atom stereocenters. The molecule has 0 spiro atoms. The quantitative estimate of drug-likeness (QED) is 0.821. The van der Waals surface area contributed by atoms with Crippen molar-refractivity contribution in [1.82, 2.24) is 4.72 Å². The van der Waals surface area contributed by atoms with E-state index in [9.17, 15) is 13.2 Å². The van der Waals surface area contributed by atoms with Gasteiger partial charge in [0.05, 0.1) is 17.4 Å². The van der Waals surface area contributed by atoms with Crippen molar-refractivity contribution in [3.05, 3.63) is 35.4 Å². The number of hydrogen-bond donors (Lipinski definition) is 2. The summed E-state index contributed by atoms with van der Waals surface area (Å²) in [5.74, 6) is -1.60. The Kier molecular flexibility index (Phi) is 4.87. The highest BCUT2D eigenvalue weighted by molar-refractivity contribution is 7.88. The molecule has 0 aliphatic heterocycles. The molecule has 1 aromatic carbocycles. The molecule has 20 heavy (non-hydrogen) atoms. The molecule has 0 radical (unpaired) electrons. The van der Waals surface area contributed by atoms with Crippen LogP contribution >= 0.6 is 0 Å². The van der Waals surface area contributed by atoms with Crippen LogP contribution in [0.4, 0.5) is 0 Å². The standard InChI is InChI=1S/C13H16N2O4S/c1-3-13(2,12(16)17)15-20(18,19)9-11-6-4-5-10(7-11)8-14/h4-7,15H,3,9H2,1-2H3,(H,16,17). The number of rotatable bonds is 6. The number of nitrogens with one attached hydrogen (secondary N) is 1. The van der Waals surface area contributed by atoms with E-state index >= 15 is 0 Å². The number of nitrogens with zero attached hydrogens (tertiary/aromatic N) is 1. The molecular formula is C13H16N2O4S. The second-order valence-corrected chi connectivity index (χ2v) is 6.39. The summed E-state index contributed by atoms with van der Waals surface area (Å²) in [5, 5.41) is 17.8. The fourth-order valence-corrected chi connectivity index (χ4v) is 3.21. The summed E-state index contributed by atoms with van der Waals surface area (Å²) < 4.78 is 26.2. The third kappa shape index (κ3) is 4.05. The molecule has 0 aliphatic carbocycles. The van der Waals surface area contributed by atoms with Crippen molar-refractivity contribution in [2.24, 2.45) is 0 Å². The maximum absolute atomic E-state index is 12.0. The smallest absolute Gasteiger partial charge is 0.324 e. The summed E-state index contributed by atoms with van der Waals surface area (Å²) in [7, 11) is -3.81. The van der Waals surface area contributed by atoms with Gasteiger partial charge in [-0.25, -0.2) is 8.42 Å². The van der Waals surface area contributed by atoms with Crippen LogP contribution in [0.5, 0.6) is 0 Å². The molecule has 0 saturated heterocycles. The third-order valence-corrected chi connectivity index (χ3v) is 4.45. The fourth-order valence-electron chi connectivity index (χ4n) is 1.60. The summed E-state index contributed by atoms with van der Waals surface area (Å²) in [5.41, 5.74) is -0.749. The molecule has 1 unspecified atom stereocenters. The lowest BCUT2D eigenvalue weighted by Gasteiger charge is -2.24. The van der Waals surface area contributed by atoms with Crippen LogP contribution < -0.4 is 4.72 Å². The van der Waals surface area contributed by atoms with E-state index in [0.29, 0.717) is 11.1 Å². The molecule has 0 amide bonds. The molecule has 6 nitrogen and oxygen atoms in total. The van der Waals surface area contributed by atoms with Crippen molar-refractivity contribution in [3.63, 3.8) is 0 Å². The van der Waals surface area contributed by atoms with Gasteiger partial charge in [0, 0.05) is 0 Å². The lowest BCUT2D eigenvalue weighted by Crippen LogP contribution is -2.51. The van der Waals surface area contributed by atoms with Gasteiger partial charge in [0.15, 0.2) is 0 Å². The number of nitriles is 1. The minimum Gasteiger partial charge on any atom is -0.480 e. The molecule has 1 aromatic rings. The van der Waals surface area contributed by atoms with Crippen LogP contribution in [0.15, 0.2) is 24.3 Å². The van der Waals surface area contributed by atoms with Crippen molar-refractivity contribution in [2.45, 2.75) is 31.6 Å². The molecule has 0 heterocycles. The molecule has 108 valence electrons. The van der Waals surface area contributed by atoms with E-state index < -0.39 is 21.5 Å². The highest BCUT2D eigenvalue weighted by Gasteiger charge is 2.35. The first-order valence-corrected chi connectivity index (χ1v) is 7.62. The van der Waals surface area contributed by atoms with E-state index in [1.807, 2.05) is 6.07 Å². The number of hydrogen-bond acceptors (Lipinski definition) is 4. The zero-order valence-electron chi connectivity index (χ0n) is 11.3. The van der Waals surface area contributed by atoms with Gasteiger partial charge in [0.1, 0.15) is 5.54 Å². The van der Waals surface area contributed by atoms with E-state index in [1.54, 1.807) is 25.1 Å². The van der Waals surface area contributed by atoms with Gasteiger partial charge in [0.2, 0.25) is 10.0 Å². The first kappa shape index (κ1) is 16.1. The van der Waals surface area contributed by atoms with Crippen LogP contribution in [0, 0.1) is 11.3 Å². The first-order valence-electron chi connectivity index (χ1n) is 5.96. The molecule has 0 aliphatic rings. The second-order valence-electron chi connectivity index (χ2n) is 4.66. The largest absolute Gasteiger partial charge is 0.480 e. The number of benzene rings is 1. The van der Waals surface area contributed by atoms with Crippen LogP contribution in [0.2, 0.25) is 0 Å². The minimum absolute atomic E-state index is 0.125. The van der Waals surface area contributed by atoms with Crippen LogP contribution in [0.1, 0.15) is 31.4 Å². The van der Waals surface area contributed by atoms with Crippen LogP contribution in [-0.2, 0) is 20.6 Å². The summed E-state index contributed by atoms with van der Waals surface area (Å²) in [6, 6.07) is 8.11. The lowest BCUT2D eigenvalue weighted by atomic mass is 10.0. The Morgan fingerprint density at radius 3 is 2.65 bits per heavy atom. The van der Waals surface area contributed by atoms with Crippen LogP contribution in [0.3, 0.4) is 0 Å². The Morgan fingerprint density at radius 2 is 2.15 bits per heavy atom. The molecule has 2 N–H and O–H groups in total. The molecular weight excluding hydrogens is 280 g/mol. The number of carboxylic acid groups (broad SMARTS) is 1. The summed E-state index contributed by atoms with van der Waals surface area (Å²) >= 11 is 0. The van der Waals surface area contributed by atoms with Gasteiger partial charge >= 0.3 is 5.97 Å². The van der Waals surface area contributed by atoms with E-state index in [-0.39, 0.29) is 12.2 Å². The van der Waals surface area contributed by atoms with E-state index in [0.717, 1.165) is 0 Å². The maximum Gasteiger partial charge on any atom is 0.324 e. The van der Waals surface area contributed by atoms with Crippen molar-refractivity contribution in [1.29, 1.82) is 5.26 Å². The molecule has 0 saturated carbocycles. The molecule has 0 fully saturated rings. The van der Waals surface area contributed by atoms with Crippen LogP contribution in [0.25, 0.3) is 0 Å². The monoisotopic (exact) mass is 296 g/mol. The van der Waals surface area contributed by atoms with Gasteiger partial charge in [-0.1, -0.05) is 19.1 Å². The summed E-state index contributed by atoms with van der Waals surface area (Å²) in [6.45, 7) is 2.91. The summed E-state index contributed by atoms with van der Waals surface area (Å²) in [6.07, 6.45) is 0.125. The number of carbonyl (C=O) groups is 1. The predicted molar refractivity (Wildman–Crippen MR) is 73.2 cm³/mol. The lowest BCUT2D eigenvalue weighted by molar-refractivity contribution is -0.143. The first-order chi connectivity index (χ1) is 9.22. The second kappa shape index (κ2) is 6.03. The Labute approximate surface area is 118 Å². The summed E-state index contributed by atoms with van der Waals surface area (Å²) in [4.78, 5) is 11.1. The Morgan fingerprint density at radius 1 is 1.50 bits per heavy atom. The van der Waals surface area contributed by atoms with Gasteiger partial charge in [-0.15, -0.1) is 0 Å². The topological polar surface area (TPSA) is 107 Å². The number of sulfonamides is 1. The average molecular weight is 296 g/mol. The zero-order chi connectivity index (χ0) is 15.4. The van der Waals surface area contributed by atoms with Crippen molar-refractivity contribution < 1.29 is 18.3 Å². The predicted octanol–water partition coefficient (Wildman–Crippen LogP) is 1.23. The normalized spacial score (nSPS) is 14.2. The number of carboxylic acids is 1. The minimum atomic E-state index is -3.81. The van der Waals surface area contributed by atoms with Gasteiger partial charge < -0.3 is 5.11 Å². The molecule has 0 bridgehead atoms. The van der Waals surface area contributed by atoms with Gasteiger partial charge in [-0.3, -0.25) is 4.79 Å². The third-order valence-electron chi connectivity index (χ3n) is 2.97. The average Bonchev–Trinajstić information content (AvgIpc) is 2.37. The van der Waals surface area contributed by atoms with Crippen molar-refractivity contribution >= 4 is 16.0 Å². The molecule has 7 heteroatoms. The van der Waals surface area contributed by atoms with E-state index in [1.165, 1.54) is 13.0 Å². The SMILES string of the molecule is CCC(C)(NS(=O)(=O)Cc1cccc(C#N)c1)C(=O)O. The van der Waals surface area contributed by atoms with E-state index in [4.69, 9.17) is 10.4 Å². The zero-order valence-corrected chi connectivity index (χ0v) is 12.1. The Bertz CT molecular complexity index is 649. The molecule has 1 rings (SSSR count). The van der Waals surface area contributed by atoms with Gasteiger partial charge in [-0.2, -0.15) is 9.98 Å². The highest BCUT2D eigenvalue weighted by atomic mass is 32.2. The van der Waals surface area contributed by atoms with Crippen LogP contribution in [-0.4, -0.2) is 25.0 Å². The highest BCUT2D eigenvalue weighted by Crippen LogP contribution is 2.14. The van der Waals surface area contributed by atoms with Crippen molar-refractivity contribution in [2.75, 3.05) is 0 Å². The van der Waals surface area contributed by atoms with Crippen molar-refractivity contribution in [3.8, 4) is 6.07 Å². The fraction of sp³-hybridized carbons (Fsp3) is 0.385. The number of aliphatic carboxylic acids is 1. The molecule has 0 aromatic heterocycles. The van der Waals surface area contributed by atoms with E-state index in [2.05, 4.69) is 4.72 Å². The van der Waals surface area contributed by atoms with Gasteiger partial charge in [0.25, 0.3) is 0 Å².